The smallest absolute Gasteiger partial charge is 0.333 e. The third kappa shape index (κ3) is 5.80. The molecule has 1 aromatic heterocycles. The minimum atomic E-state index is -0.982. The average Bonchev–Trinajstić information content (AvgIpc) is 3.08. The van der Waals surface area contributed by atoms with Crippen molar-refractivity contribution in [2.45, 2.75) is 32.7 Å². The van der Waals surface area contributed by atoms with Crippen LogP contribution in [0.1, 0.15) is 32.9 Å². The SMILES string of the molecule is CCCOCCOCCOc1ccnc(C2=NCC(C)(C(=O)OCC)N2)c1O. The lowest BCUT2D eigenvalue weighted by molar-refractivity contribution is -0.149. The Morgan fingerprint density at radius 1 is 1.21 bits per heavy atom. The van der Waals surface area contributed by atoms with Gasteiger partial charge in [0.1, 0.15) is 6.61 Å². The number of nitrogens with one attached hydrogen (secondary N) is 1. The molecular weight excluding hydrogens is 366 g/mol. The summed E-state index contributed by atoms with van der Waals surface area (Å²) in [7, 11) is 0. The second-order valence-corrected chi connectivity index (χ2v) is 6.42. The molecule has 9 heteroatoms. The van der Waals surface area contributed by atoms with Crippen molar-refractivity contribution in [3.8, 4) is 11.5 Å². The monoisotopic (exact) mass is 395 g/mol. The molecule has 0 bridgehead atoms. The lowest BCUT2D eigenvalue weighted by Crippen LogP contribution is -2.51. The molecule has 1 aliphatic heterocycles. The molecule has 0 fully saturated rings. The first-order valence-electron chi connectivity index (χ1n) is 9.48. The molecule has 0 saturated heterocycles. The van der Waals surface area contributed by atoms with Crippen LogP contribution in [0.5, 0.6) is 11.5 Å². The van der Waals surface area contributed by atoms with Crippen molar-refractivity contribution in [3.63, 3.8) is 0 Å². The molecule has 0 amide bonds. The van der Waals surface area contributed by atoms with Crippen molar-refractivity contribution >= 4 is 11.8 Å². The normalized spacial score (nSPS) is 18.5. The minimum Gasteiger partial charge on any atom is -0.503 e. The molecule has 9 nitrogen and oxygen atoms in total. The van der Waals surface area contributed by atoms with Crippen molar-refractivity contribution in [3.05, 3.63) is 18.0 Å². The lowest BCUT2D eigenvalue weighted by Gasteiger charge is -2.22. The number of amidine groups is 1. The summed E-state index contributed by atoms with van der Waals surface area (Å²) in [4.78, 5) is 20.5. The molecule has 2 rings (SSSR count). The Kier molecular flexibility index (Phi) is 8.46. The largest absolute Gasteiger partial charge is 0.503 e. The summed E-state index contributed by atoms with van der Waals surface area (Å²) in [5.41, 5.74) is -0.760. The number of carbonyl (C=O) groups is 1. The number of carbonyl (C=O) groups excluding carboxylic acids is 1. The number of esters is 1. The van der Waals surface area contributed by atoms with Gasteiger partial charge in [-0.25, -0.2) is 9.78 Å². The van der Waals surface area contributed by atoms with E-state index in [1.807, 2.05) is 6.92 Å². The van der Waals surface area contributed by atoms with Crippen molar-refractivity contribution in [2.24, 2.45) is 4.99 Å². The van der Waals surface area contributed by atoms with E-state index in [2.05, 4.69) is 15.3 Å². The number of aromatic nitrogens is 1. The Hall–Kier alpha value is -2.39. The number of hydrogen-bond donors (Lipinski definition) is 2. The quantitative estimate of drug-likeness (QED) is 0.402. The number of ether oxygens (including phenoxy) is 4. The Morgan fingerprint density at radius 3 is 2.64 bits per heavy atom. The van der Waals surface area contributed by atoms with Crippen LogP contribution in [0, 0.1) is 0 Å². The van der Waals surface area contributed by atoms with Gasteiger partial charge in [0, 0.05) is 18.9 Å². The lowest BCUT2D eigenvalue weighted by atomic mass is 10.0. The van der Waals surface area contributed by atoms with Gasteiger partial charge in [-0.1, -0.05) is 6.92 Å². The molecule has 28 heavy (non-hydrogen) atoms. The summed E-state index contributed by atoms with van der Waals surface area (Å²) in [6.45, 7) is 8.36. The highest BCUT2D eigenvalue weighted by Gasteiger charge is 2.40. The van der Waals surface area contributed by atoms with Gasteiger partial charge in [-0.15, -0.1) is 0 Å². The number of aromatic hydroxyl groups is 1. The maximum atomic E-state index is 12.1. The highest BCUT2D eigenvalue weighted by atomic mass is 16.5. The molecular formula is C19H29N3O6. The van der Waals surface area contributed by atoms with Gasteiger partial charge in [-0.2, -0.15) is 0 Å². The van der Waals surface area contributed by atoms with E-state index in [0.717, 1.165) is 13.0 Å². The molecule has 1 aliphatic rings. The molecule has 0 spiro atoms. The van der Waals surface area contributed by atoms with Crippen molar-refractivity contribution in [1.82, 2.24) is 10.3 Å². The number of aliphatic imine (C=N–C) groups is 1. The van der Waals surface area contributed by atoms with E-state index in [0.29, 0.717) is 25.7 Å². The zero-order valence-corrected chi connectivity index (χ0v) is 16.7. The van der Waals surface area contributed by atoms with Gasteiger partial charge in [0.25, 0.3) is 0 Å². The first kappa shape index (κ1) is 21.9. The summed E-state index contributed by atoms with van der Waals surface area (Å²) < 4.78 is 21.4. The summed E-state index contributed by atoms with van der Waals surface area (Å²) in [6.07, 6.45) is 2.49. The van der Waals surface area contributed by atoms with E-state index in [1.54, 1.807) is 19.9 Å². The maximum absolute atomic E-state index is 12.1. The Labute approximate surface area is 165 Å². The summed E-state index contributed by atoms with van der Waals surface area (Å²) >= 11 is 0. The Balaban J connectivity index is 1.87. The highest BCUT2D eigenvalue weighted by molar-refractivity contribution is 6.04. The van der Waals surface area contributed by atoms with Gasteiger partial charge in [0.15, 0.2) is 28.6 Å². The molecule has 156 valence electrons. The minimum absolute atomic E-state index is 0.145. The van der Waals surface area contributed by atoms with Gasteiger partial charge < -0.3 is 29.4 Å². The van der Waals surface area contributed by atoms with E-state index in [9.17, 15) is 9.90 Å². The van der Waals surface area contributed by atoms with Crippen LogP contribution >= 0.6 is 0 Å². The summed E-state index contributed by atoms with van der Waals surface area (Å²) in [6, 6.07) is 1.56. The first-order valence-corrected chi connectivity index (χ1v) is 9.48. The summed E-state index contributed by atoms with van der Waals surface area (Å²) in [5, 5.41) is 13.5. The van der Waals surface area contributed by atoms with E-state index in [-0.39, 0.29) is 37.0 Å². The zero-order chi connectivity index (χ0) is 20.4. The van der Waals surface area contributed by atoms with Crippen LogP contribution in [0.2, 0.25) is 0 Å². The first-order chi connectivity index (χ1) is 13.5. The maximum Gasteiger partial charge on any atom is 0.333 e. The Bertz CT molecular complexity index is 682. The fourth-order valence-electron chi connectivity index (χ4n) is 2.52. The van der Waals surface area contributed by atoms with Gasteiger partial charge in [-0.05, 0) is 20.3 Å². The molecule has 0 aromatic carbocycles. The molecule has 2 N–H and O–H groups in total. The van der Waals surface area contributed by atoms with Crippen LogP contribution in [-0.2, 0) is 19.0 Å². The molecule has 1 atom stereocenters. The summed E-state index contributed by atoms with van der Waals surface area (Å²) in [5.74, 6) is 0.0433. The van der Waals surface area contributed by atoms with Crippen LogP contribution in [0.15, 0.2) is 17.3 Å². The van der Waals surface area contributed by atoms with Crippen LogP contribution in [0.3, 0.4) is 0 Å². The standard InChI is InChI=1S/C19H29N3O6/c1-4-8-25-9-10-26-11-12-28-14-6-7-20-15(16(14)23)17-21-13-19(3,22-17)18(24)27-5-2/h6-7,23H,4-5,8-13H2,1-3H3,(H,21,22). The van der Waals surface area contributed by atoms with Gasteiger partial charge in [0.2, 0.25) is 0 Å². The van der Waals surface area contributed by atoms with E-state index >= 15 is 0 Å². The van der Waals surface area contributed by atoms with E-state index < -0.39 is 11.5 Å². The second-order valence-electron chi connectivity index (χ2n) is 6.42. The van der Waals surface area contributed by atoms with Crippen LogP contribution < -0.4 is 10.1 Å². The highest BCUT2D eigenvalue weighted by Crippen LogP contribution is 2.30. The topological polar surface area (TPSA) is 112 Å². The second kappa shape index (κ2) is 10.8. The van der Waals surface area contributed by atoms with E-state index in [1.165, 1.54) is 6.20 Å². The molecule has 0 aliphatic carbocycles. The van der Waals surface area contributed by atoms with Gasteiger partial charge >= 0.3 is 5.97 Å². The van der Waals surface area contributed by atoms with Crippen molar-refractivity contribution in [2.75, 3.05) is 46.2 Å². The molecule has 2 heterocycles. The molecule has 0 radical (unpaired) electrons. The predicted octanol–water partition coefficient (Wildman–Crippen LogP) is 1.28. The van der Waals surface area contributed by atoms with Crippen LogP contribution in [0.4, 0.5) is 0 Å². The third-order valence-corrected chi connectivity index (χ3v) is 3.99. The van der Waals surface area contributed by atoms with E-state index in [4.69, 9.17) is 18.9 Å². The fourth-order valence-corrected chi connectivity index (χ4v) is 2.52. The van der Waals surface area contributed by atoms with Gasteiger partial charge in [0.05, 0.1) is 33.0 Å². The number of pyridine rings is 1. The Morgan fingerprint density at radius 2 is 1.93 bits per heavy atom. The van der Waals surface area contributed by atoms with Crippen LogP contribution in [0.25, 0.3) is 0 Å². The zero-order valence-electron chi connectivity index (χ0n) is 16.7. The van der Waals surface area contributed by atoms with Gasteiger partial charge in [-0.3, -0.25) is 4.99 Å². The average molecular weight is 395 g/mol. The molecule has 1 unspecified atom stereocenters. The predicted molar refractivity (Wildman–Crippen MR) is 103 cm³/mol. The molecule has 1 aromatic rings. The van der Waals surface area contributed by atoms with Crippen molar-refractivity contribution < 1.29 is 28.8 Å². The number of rotatable bonds is 12. The number of nitrogens with zero attached hydrogens (tertiary/aromatic N) is 2. The fraction of sp³-hybridized carbons (Fsp3) is 0.632. The van der Waals surface area contributed by atoms with Crippen LogP contribution in [-0.4, -0.2) is 73.6 Å². The van der Waals surface area contributed by atoms with Crippen molar-refractivity contribution in [1.29, 1.82) is 0 Å². The third-order valence-electron chi connectivity index (χ3n) is 3.99. The molecule has 0 saturated carbocycles. The number of hydrogen-bond acceptors (Lipinski definition) is 9.